The molecule has 0 spiro atoms. The van der Waals surface area contributed by atoms with Crippen LogP contribution in [0.15, 0.2) is 48.5 Å². The van der Waals surface area contributed by atoms with E-state index in [1.54, 1.807) is 0 Å². The molecular formula is C28H31N3O3. The Bertz CT molecular complexity index is 1250. The number of fused-ring (bicyclic) bond motifs is 3. The maximum absolute atomic E-state index is 13.6. The molecule has 2 amide bonds. The second kappa shape index (κ2) is 8.84. The van der Waals surface area contributed by atoms with Crippen LogP contribution < -0.4 is 4.74 Å². The number of hydrogen-bond donors (Lipinski definition) is 0. The quantitative estimate of drug-likeness (QED) is 0.487. The summed E-state index contributed by atoms with van der Waals surface area (Å²) < 4.78 is 5.73. The number of hydrogen-bond acceptors (Lipinski definition) is 5. The van der Waals surface area contributed by atoms with E-state index in [1.165, 1.54) is 10.5 Å². The minimum atomic E-state index is -0.191. The molecule has 6 nitrogen and oxygen atoms in total. The number of benzene rings is 2. The minimum Gasteiger partial charge on any atom is -0.491 e. The molecule has 3 heterocycles. The largest absolute Gasteiger partial charge is 0.491 e. The van der Waals surface area contributed by atoms with Crippen molar-refractivity contribution in [3.63, 3.8) is 0 Å². The number of rotatable bonds is 6. The number of para-hydroxylation sites is 1. The average molecular weight is 458 g/mol. The Morgan fingerprint density at radius 2 is 1.68 bits per heavy atom. The predicted molar refractivity (Wildman–Crippen MR) is 132 cm³/mol. The summed E-state index contributed by atoms with van der Waals surface area (Å²) >= 11 is 0. The van der Waals surface area contributed by atoms with Crippen LogP contribution in [0.5, 0.6) is 5.75 Å². The molecule has 0 bridgehead atoms. The van der Waals surface area contributed by atoms with Gasteiger partial charge in [-0.05, 0) is 49.9 Å². The zero-order valence-electron chi connectivity index (χ0n) is 20.2. The van der Waals surface area contributed by atoms with E-state index in [0.717, 1.165) is 36.2 Å². The Balaban J connectivity index is 1.37. The Hall–Kier alpha value is -3.25. The number of imide groups is 1. The molecule has 34 heavy (non-hydrogen) atoms. The van der Waals surface area contributed by atoms with E-state index in [2.05, 4.69) is 17.0 Å². The van der Waals surface area contributed by atoms with Gasteiger partial charge in [-0.2, -0.15) is 0 Å². The molecule has 3 aromatic rings. The molecule has 0 N–H and O–H groups in total. The number of carbonyl (C=O) groups excluding carboxylic acids is 2. The summed E-state index contributed by atoms with van der Waals surface area (Å²) in [6.45, 7) is 10.4. The molecule has 0 saturated carbocycles. The van der Waals surface area contributed by atoms with Crippen LogP contribution in [0.1, 0.15) is 72.0 Å². The van der Waals surface area contributed by atoms with Crippen molar-refractivity contribution in [2.75, 3.05) is 13.1 Å². The number of likely N-dealkylation sites (tertiary alicyclic amines) is 1. The van der Waals surface area contributed by atoms with Crippen LogP contribution in [-0.4, -0.2) is 51.8 Å². The van der Waals surface area contributed by atoms with Crippen molar-refractivity contribution in [1.29, 1.82) is 0 Å². The summed E-state index contributed by atoms with van der Waals surface area (Å²) in [4.78, 5) is 35.8. The van der Waals surface area contributed by atoms with Crippen LogP contribution in [0.4, 0.5) is 0 Å². The van der Waals surface area contributed by atoms with Gasteiger partial charge in [0.15, 0.2) is 0 Å². The number of nitrogens with zero attached hydrogens (tertiary/aromatic N) is 3. The van der Waals surface area contributed by atoms with E-state index in [1.807, 2.05) is 64.1 Å². The van der Waals surface area contributed by atoms with Crippen LogP contribution in [0, 0.1) is 0 Å². The lowest BCUT2D eigenvalue weighted by Gasteiger charge is -2.23. The fourth-order valence-corrected chi connectivity index (χ4v) is 5.12. The Morgan fingerprint density at radius 1 is 0.971 bits per heavy atom. The summed E-state index contributed by atoms with van der Waals surface area (Å²) in [5.74, 6) is 0.551. The van der Waals surface area contributed by atoms with Crippen molar-refractivity contribution in [1.82, 2.24) is 14.8 Å². The summed E-state index contributed by atoms with van der Waals surface area (Å²) in [5.41, 5.74) is 3.70. The molecule has 1 fully saturated rings. The van der Waals surface area contributed by atoms with E-state index >= 15 is 0 Å². The normalized spacial score (nSPS) is 18.5. The summed E-state index contributed by atoms with van der Waals surface area (Å²) in [7, 11) is 0. The highest BCUT2D eigenvalue weighted by Gasteiger charge is 2.45. The highest BCUT2D eigenvalue weighted by atomic mass is 16.5. The third-order valence-electron chi connectivity index (χ3n) is 6.65. The zero-order chi connectivity index (χ0) is 24.0. The van der Waals surface area contributed by atoms with Crippen molar-refractivity contribution in [3.05, 3.63) is 70.9 Å². The molecule has 6 heteroatoms. The topological polar surface area (TPSA) is 62.7 Å². The lowest BCUT2D eigenvalue weighted by Crippen LogP contribution is -2.41. The van der Waals surface area contributed by atoms with E-state index in [9.17, 15) is 9.59 Å². The summed E-state index contributed by atoms with van der Waals surface area (Å²) in [6.07, 6.45) is 0.927. The molecule has 1 saturated heterocycles. The van der Waals surface area contributed by atoms with Gasteiger partial charge in [-0.25, -0.2) is 0 Å². The third kappa shape index (κ3) is 3.96. The standard InChI is InChI=1S/C28H31N3O3/c1-17(2)26-25-24(22-7-5-6-8-23(22)29-26)27(32)31(28(25)33)20-13-14-30(16-20)15-19-9-11-21(12-10-19)34-18(3)4/h5-12,17-18,20H,13-16H2,1-4H3. The lowest BCUT2D eigenvalue weighted by molar-refractivity contribution is 0.0588. The first kappa shape index (κ1) is 22.5. The highest BCUT2D eigenvalue weighted by molar-refractivity contribution is 6.26. The average Bonchev–Trinajstić information content (AvgIpc) is 3.36. The zero-order valence-corrected chi connectivity index (χ0v) is 20.2. The molecule has 0 aliphatic carbocycles. The monoisotopic (exact) mass is 457 g/mol. The first-order chi connectivity index (χ1) is 16.3. The first-order valence-electron chi connectivity index (χ1n) is 12.1. The molecule has 176 valence electrons. The van der Waals surface area contributed by atoms with Crippen molar-refractivity contribution in [2.24, 2.45) is 0 Å². The SMILES string of the molecule is CC(C)Oc1ccc(CN2CCC(N3C(=O)c4c(C(C)C)nc5ccccc5c4C3=O)C2)cc1. The van der Waals surface area contributed by atoms with Gasteiger partial charge in [0.25, 0.3) is 11.8 Å². The number of carbonyl (C=O) groups is 2. The molecule has 1 aromatic heterocycles. The van der Waals surface area contributed by atoms with Crippen molar-refractivity contribution in [3.8, 4) is 5.75 Å². The van der Waals surface area contributed by atoms with Gasteiger partial charge in [-0.1, -0.05) is 44.2 Å². The predicted octanol–water partition coefficient (Wildman–Crippen LogP) is 5.02. The first-order valence-corrected chi connectivity index (χ1v) is 12.1. The Labute approximate surface area is 200 Å². The molecule has 1 unspecified atom stereocenters. The summed E-state index contributed by atoms with van der Waals surface area (Å²) in [6, 6.07) is 15.7. The maximum atomic E-state index is 13.6. The van der Waals surface area contributed by atoms with E-state index in [0.29, 0.717) is 23.4 Å². The van der Waals surface area contributed by atoms with Crippen molar-refractivity contribution in [2.45, 2.75) is 58.7 Å². The van der Waals surface area contributed by atoms with Gasteiger partial charge in [0.2, 0.25) is 0 Å². The van der Waals surface area contributed by atoms with Crippen LogP contribution in [-0.2, 0) is 6.54 Å². The fourth-order valence-electron chi connectivity index (χ4n) is 5.12. The molecule has 1 atom stereocenters. The second-order valence-corrected chi connectivity index (χ2v) is 9.89. The third-order valence-corrected chi connectivity index (χ3v) is 6.65. The number of aromatic nitrogens is 1. The smallest absolute Gasteiger partial charge is 0.263 e. The van der Waals surface area contributed by atoms with Crippen LogP contribution >= 0.6 is 0 Å². The lowest BCUT2D eigenvalue weighted by atomic mass is 9.97. The molecular weight excluding hydrogens is 426 g/mol. The van der Waals surface area contributed by atoms with Crippen LogP contribution in [0.2, 0.25) is 0 Å². The number of amides is 2. The van der Waals surface area contributed by atoms with Gasteiger partial charge in [0.05, 0.1) is 34.5 Å². The molecule has 2 aliphatic heterocycles. The van der Waals surface area contributed by atoms with Crippen LogP contribution in [0.3, 0.4) is 0 Å². The minimum absolute atomic E-state index is 0.0535. The molecule has 5 rings (SSSR count). The van der Waals surface area contributed by atoms with E-state index < -0.39 is 0 Å². The number of ether oxygens (including phenoxy) is 1. The number of pyridine rings is 1. The van der Waals surface area contributed by atoms with E-state index in [4.69, 9.17) is 9.72 Å². The Morgan fingerprint density at radius 3 is 2.38 bits per heavy atom. The van der Waals surface area contributed by atoms with Gasteiger partial charge in [-0.15, -0.1) is 0 Å². The van der Waals surface area contributed by atoms with Gasteiger partial charge < -0.3 is 4.74 Å². The van der Waals surface area contributed by atoms with Crippen molar-refractivity contribution >= 4 is 22.7 Å². The van der Waals surface area contributed by atoms with Gasteiger partial charge in [0, 0.05) is 25.0 Å². The summed E-state index contributed by atoms with van der Waals surface area (Å²) in [5, 5.41) is 0.765. The van der Waals surface area contributed by atoms with Gasteiger partial charge in [0.1, 0.15) is 5.75 Å². The van der Waals surface area contributed by atoms with E-state index in [-0.39, 0.29) is 29.9 Å². The van der Waals surface area contributed by atoms with Gasteiger partial charge in [-0.3, -0.25) is 24.4 Å². The highest BCUT2D eigenvalue weighted by Crippen LogP contribution is 2.36. The molecule has 2 aliphatic rings. The van der Waals surface area contributed by atoms with Crippen molar-refractivity contribution < 1.29 is 14.3 Å². The second-order valence-electron chi connectivity index (χ2n) is 9.89. The molecule has 2 aromatic carbocycles. The van der Waals surface area contributed by atoms with Gasteiger partial charge >= 0.3 is 0 Å². The maximum Gasteiger partial charge on any atom is 0.263 e. The van der Waals surface area contributed by atoms with Crippen LogP contribution in [0.25, 0.3) is 10.9 Å². The fraction of sp³-hybridized carbons (Fsp3) is 0.393. The Kier molecular flexibility index (Phi) is 5.86. The molecule has 0 radical (unpaired) electrons.